The fraction of sp³-hybridized carbons (Fsp3) is 0.235. The van der Waals surface area contributed by atoms with Gasteiger partial charge in [-0.1, -0.05) is 76.6 Å². The fourth-order valence-corrected chi connectivity index (χ4v) is 5.53. The lowest BCUT2D eigenvalue weighted by Gasteiger charge is -2.35. The van der Waals surface area contributed by atoms with Gasteiger partial charge in [0.25, 0.3) is 11.8 Å². The molecular weight excluding hydrogens is 562 g/mol. The van der Waals surface area contributed by atoms with Crippen LogP contribution in [-0.4, -0.2) is 31.4 Å². The number of halogens is 1. The van der Waals surface area contributed by atoms with Crippen LogP contribution in [0.3, 0.4) is 0 Å². The van der Waals surface area contributed by atoms with Gasteiger partial charge in [0.1, 0.15) is 0 Å². The first-order valence-electron chi connectivity index (χ1n) is 13.9. The Bertz CT molecular complexity index is 1420. The quantitative estimate of drug-likeness (QED) is 0.216. The Balaban J connectivity index is 1.30. The summed E-state index contributed by atoms with van der Waals surface area (Å²) < 4.78 is 0.912. The Morgan fingerprint density at radius 2 is 1.43 bits per heavy atom. The van der Waals surface area contributed by atoms with E-state index in [0.717, 1.165) is 48.9 Å². The van der Waals surface area contributed by atoms with Crippen molar-refractivity contribution >= 4 is 39.1 Å². The number of benzene rings is 4. The summed E-state index contributed by atoms with van der Waals surface area (Å²) in [5, 5.41) is 6.07. The van der Waals surface area contributed by atoms with Crippen LogP contribution >= 0.6 is 15.9 Å². The summed E-state index contributed by atoms with van der Waals surface area (Å²) in [4.78, 5) is 28.7. The average Bonchev–Trinajstić information content (AvgIpc) is 2.99. The highest BCUT2D eigenvalue weighted by Crippen LogP contribution is 2.30. The van der Waals surface area contributed by atoms with Crippen LogP contribution in [0, 0.1) is 5.92 Å². The van der Waals surface area contributed by atoms with Crippen molar-refractivity contribution in [1.82, 2.24) is 5.32 Å². The Morgan fingerprint density at radius 1 is 0.775 bits per heavy atom. The molecule has 2 N–H and O–H groups in total. The summed E-state index contributed by atoms with van der Waals surface area (Å²) in [5.41, 5.74) is 5.22. The van der Waals surface area contributed by atoms with Crippen molar-refractivity contribution in [2.45, 2.75) is 25.7 Å². The smallest absolute Gasteiger partial charge is 0.255 e. The maximum atomic E-state index is 13.5. The third-order valence-corrected chi connectivity index (χ3v) is 8.00. The number of carbonyl (C=O) groups excluding carboxylic acids is 2. The predicted molar refractivity (Wildman–Crippen MR) is 166 cm³/mol. The van der Waals surface area contributed by atoms with Gasteiger partial charge in [-0.2, -0.15) is 0 Å². The summed E-state index contributed by atoms with van der Waals surface area (Å²) in [6.45, 7) is 2.33. The van der Waals surface area contributed by atoms with Crippen molar-refractivity contribution in [3.63, 3.8) is 0 Å². The molecule has 1 heterocycles. The van der Waals surface area contributed by atoms with Crippen LogP contribution in [0.5, 0.6) is 0 Å². The lowest BCUT2D eigenvalue weighted by molar-refractivity contribution is 0.0953. The first-order chi connectivity index (χ1) is 19.5. The van der Waals surface area contributed by atoms with E-state index in [-0.39, 0.29) is 11.8 Å². The standard InChI is InChI=1S/C34H34BrN3O2/c35-29-13-11-28(12-14-29)33(39)37-30-15-16-32(31(24-30)34(40)36-20-17-25-7-3-1-4-8-25)38-21-18-27(19-22-38)23-26-9-5-2-6-10-26/h1-16,24,27H,17-23H2,(H,36,40)(H,37,39). The highest BCUT2D eigenvalue weighted by molar-refractivity contribution is 9.10. The summed E-state index contributed by atoms with van der Waals surface area (Å²) in [7, 11) is 0. The van der Waals surface area contributed by atoms with Gasteiger partial charge in [-0.25, -0.2) is 0 Å². The van der Waals surface area contributed by atoms with Gasteiger partial charge in [0.05, 0.1) is 5.56 Å². The molecule has 5 rings (SSSR count). The number of anilines is 2. The van der Waals surface area contributed by atoms with Crippen LogP contribution in [0.25, 0.3) is 0 Å². The SMILES string of the molecule is O=C(Nc1ccc(N2CCC(Cc3ccccc3)CC2)c(C(=O)NCCc2ccccc2)c1)c1ccc(Br)cc1. The molecule has 4 aromatic carbocycles. The van der Waals surface area contributed by atoms with Gasteiger partial charge in [-0.05, 0) is 85.2 Å². The van der Waals surface area contributed by atoms with Crippen molar-refractivity contribution in [3.05, 3.63) is 130 Å². The molecule has 1 aliphatic heterocycles. The molecule has 0 saturated carbocycles. The van der Waals surface area contributed by atoms with E-state index in [1.165, 1.54) is 11.1 Å². The van der Waals surface area contributed by atoms with E-state index in [0.29, 0.717) is 29.3 Å². The molecule has 2 amide bonds. The molecule has 204 valence electrons. The van der Waals surface area contributed by atoms with E-state index in [4.69, 9.17) is 0 Å². The maximum Gasteiger partial charge on any atom is 0.255 e. The molecule has 0 bridgehead atoms. The highest BCUT2D eigenvalue weighted by atomic mass is 79.9. The van der Waals surface area contributed by atoms with E-state index in [9.17, 15) is 9.59 Å². The maximum absolute atomic E-state index is 13.5. The normalized spacial score (nSPS) is 13.6. The highest BCUT2D eigenvalue weighted by Gasteiger charge is 2.24. The summed E-state index contributed by atoms with van der Waals surface area (Å²) in [6, 6.07) is 33.7. The van der Waals surface area contributed by atoms with Crippen molar-refractivity contribution < 1.29 is 9.59 Å². The minimum absolute atomic E-state index is 0.128. The van der Waals surface area contributed by atoms with Crippen LogP contribution in [0.2, 0.25) is 0 Å². The van der Waals surface area contributed by atoms with Gasteiger partial charge in [-0.3, -0.25) is 9.59 Å². The molecule has 0 atom stereocenters. The number of hydrogen-bond acceptors (Lipinski definition) is 3. The molecule has 0 aromatic heterocycles. The van der Waals surface area contributed by atoms with Gasteiger partial charge in [0.2, 0.25) is 0 Å². The second-order valence-electron chi connectivity index (χ2n) is 10.3. The zero-order chi connectivity index (χ0) is 27.7. The topological polar surface area (TPSA) is 61.4 Å². The third-order valence-electron chi connectivity index (χ3n) is 7.47. The number of nitrogens with zero attached hydrogens (tertiary/aromatic N) is 1. The molecule has 1 aliphatic rings. The second kappa shape index (κ2) is 13.4. The van der Waals surface area contributed by atoms with Crippen molar-refractivity contribution in [2.24, 2.45) is 5.92 Å². The van der Waals surface area contributed by atoms with Crippen molar-refractivity contribution in [2.75, 3.05) is 29.9 Å². The number of nitrogens with one attached hydrogen (secondary N) is 2. The zero-order valence-corrected chi connectivity index (χ0v) is 24.1. The number of piperidine rings is 1. The molecule has 6 heteroatoms. The molecule has 1 saturated heterocycles. The molecule has 1 fully saturated rings. The third kappa shape index (κ3) is 7.39. The molecule has 4 aromatic rings. The van der Waals surface area contributed by atoms with E-state index < -0.39 is 0 Å². The van der Waals surface area contributed by atoms with Gasteiger partial charge >= 0.3 is 0 Å². The molecule has 5 nitrogen and oxygen atoms in total. The van der Waals surface area contributed by atoms with E-state index in [2.05, 4.69) is 73.9 Å². The second-order valence-corrected chi connectivity index (χ2v) is 11.2. The molecule has 0 radical (unpaired) electrons. The first kappa shape index (κ1) is 27.7. The minimum Gasteiger partial charge on any atom is -0.371 e. The summed E-state index contributed by atoms with van der Waals surface area (Å²) in [6.07, 6.45) is 3.99. The van der Waals surface area contributed by atoms with Crippen LogP contribution in [0.15, 0.2) is 108 Å². The Hall–Kier alpha value is -3.90. The zero-order valence-electron chi connectivity index (χ0n) is 22.5. The van der Waals surface area contributed by atoms with Gasteiger partial charge in [0.15, 0.2) is 0 Å². The lowest BCUT2D eigenvalue weighted by Crippen LogP contribution is -2.36. The minimum atomic E-state index is -0.211. The largest absolute Gasteiger partial charge is 0.371 e. The molecule has 40 heavy (non-hydrogen) atoms. The van der Waals surface area contributed by atoms with Gasteiger partial charge in [-0.15, -0.1) is 0 Å². The Kier molecular flexibility index (Phi) is 9.30. The summed E-state index contributed by atoms with van der Waals surface area (Å²) >= 11 is 3.41. The van der Waals surface area contributed by atoms with Gasteiger partial charge in [0, 0.05) is 41.0 Å². The number of carbonyl (C=O) groups is 2. The molecular formula is C34H34BrN3O2. The van der Waals surface area contributed by atoms with Crippen LogP contribution in [-0.2, 0) is 12.8 Å². The van der Waals surface area contributed by atoms with Crippen molar-refractivity contribution in [1.29, 1.82) is 0 Å². The van der Waals surface area contributed by atoms with E-state index in [1.54, 1.807) is 18.2 Å². The number of amides is 2. The van der Waals surface area contributed by atoms with Gasteiger partial charge < -0.3 is 15.5 Å². The van der Waals surface area contributed by atoms with Crippen LogP contribution < -0.4 is 15.5 Å². The molecule has 0 unspecified atom stereocenters. The number of rotatable bonds is 9. The van der Waals surface area contributed by atoms with E-state index in [1.807, 2.05) is 42.5 Å². The van der Waals surface area contributed by atoms with E-state index >= 15 is 0 Å². The van der Waals surface area contributed by atoms with Crippen LogP contribution in [0.1, 0.15) is 44.7 Å². The number of hydrogen-bond donors (Lipinski definition) is 2. The molecule has 0 aliphatic carbocycles. The lowest BCUT2D eigenvalue weighted by atomic mass is 9.89. The first-order valence-corrected chi connectivity index (χ1v) is 14.7. The predicted octanol–water partition coefficient (Wildman–Crippen LogP) is 7.13. The Labute approximate surface area is 244 Å². The summed E-state index contributed by atoms with van der Waals surface area (Å²) in [5.74, 6) is 0.292. The average molecular weight is 597 g/mol. The monoisotopic (exact) mass is 595 g/mol. The van der Waals surface area contributed by atoms with Crippen molar-refractivity contribution in [3.8, 4) is 0 Å². The fourth-order valence-electron chi connectivity index (χ4n) is 5.26. The Morgan fingerprint density at radius 3 is 2.10 bits per heavy atom. The molecule has 0 spiro atoms. The van der Waals surface area contributed by atoms with Crippen LogP contribution in [0.4, 0.5) is 11.4 Å².